The quantitative estimate of drug-likeness (QED) is 0.848. The number of sulfone groups is 1. The van der Waals surface area contributed by atoms with Gasteiger partial charge in [0.2, 0.25) is 0 Å². The van der Waals surface area contributed by atoms with E-state index in [1.54, 1.807) is 0 Å². The van der Waals surface area contributed by atoms with Crippen molar-refractivity contribution in [2.24, 2.45) is 5.73 Å². The van der Waals surface area contributed by atoms with E-state index in [0.29, 0.717) is 6.42 Å². The van der Waals surface area contributed by atoms with Crippen LogP contribution in [0.3, 0.4) is 0 Å². The van der Waals surface area contributed by atoms with Gasteiger partial charge in [-0.1, -0.05) is 37.3 Å². The minimum Gasteiger partial charge on any atom is -0.323 e. The molecule has 0 fully saturated rings. The molecular formula is C11H17NO2S. The third kappa shape index (κ3) is 3.04. The number of benzene rings is 1. The lowest BCUT2D eigenvalue weighted by Crippen LogP contribution is -2.32. The highest BCUT2D eigenvalue weighted by atomic mass is 32.2. The molecule has 2 unspecified atom stereocenters. The van der Waals surface area contributed by atoms with E-state index in [1.807, 2.05) is 37.3 Å². The maximum absolute atomic E-state index is 11.5. The normalized spacial score (nSPS) is 15.9. The van der Waals surface area contributed by atoms with Gasteiger partial charge in [-0.3, -0.25) is 0 Å². The molecule has 0 aliphatic carbocycles. The molecular weight excluding hydrogens is 210 g/mol. The van der Waals surface area contributed by atoms with Crippen molar-refractivity contribution >= 4 is 9.84 Å². The maximum Gasteiger partial charge on any atom is 0.152 e. The predicted octanol–water partition coefficient (Wildman–Crippen LogP) is 1.51. The largest absolute Gasteiger partial charge is 0.323 e. The van der Waals surface area contributed by atoms with Gasteiger partial charge in [-0.15, -0.1) is 0 Å². The number of hydrogen-bond donors (Lipinski definition) is 1. The molecule has 1 rings (SSSR count). The zero-order valence-electron chi connectivity index (χ0n) is 9.05. The molecule has 0 saturated carbocycles. The summed E-state index contributed by atoms with van der Waals surface area (Å²) in [5.41, 5.74) is 6.83. The minimum atomic E-state index is -3.09. The number of nitrogens with two attached hydrogens (primary N) is 1. The van der Waals surface area contributed by atoms with Gasteiger partial charge in [0.15, 0.2) is 9.84 Å². The van der Waals surface area contributed by atoms with Crippen molar-refractivity contribution in [3.63, 3.8) is 0 Å². The second-order valence-corrected chi connectivity index (χ2v) is 5.98. The minimum absolute atomic E-state index is 0.439. The molecule has 0 bridgehead atoms. The average molecular weight is 227 g/mol. The zero-order valence-corrected chi connectivity index (χ0v) is 9.87. The summed E-state index contributed by atoms with van der Waals surface area (Å²) in [4.78, 5) is 0. The Labute approximate surface area is 91.2 Å². The molecule has 15 heavy (non-hydrogen) atoms. The topological polar surface area (TPSA) is 60.2 Å². The van der Waals surface area contributed by atoms with E-state index in [-0.39, 0.29) is 0 Å². The number of hydrogen-bond acceptors (Lipinski definition) is 3. The zero-order chi connectivity index (χ0) is 11.5. The summed E-state index contributed by atoms with van der Waals surface area (Å²) in [6.07, 6.45) is 1.78. The summed E-state index contributed by atoms with van der Waals surface area (Å²) in [5, 5.41) is -0.500. The van der Waals surface area contributed by atoms with Crippen LogP contribution in [0.1, 0.15) is 24.9 Å². The Morgan fingerprint density at radius 3 is 2.20 bits per heavy atom. The molecule has 4 heteroatoms. The molecule has 2 atom stereocenters. The van der Waals surface area contributed by atoms with Gasteiger partial charge in [-0.25, -0.2) is 8.42 Å². The van der Waals surface area contributed by atoms with E-state index in [4.69, 9.17) is 5.73 Å². The summed E-state index contributed by atoms with van der Waals surface area (Å²) in [6, 6.07) is 8.90. The second kappa shape index (κ2) is 4.77. The van der Waals surface area contributed by atoms with Crippen molar-refractivity contribution < 1.29 is 8.42 Å². The molecule has 0 aliphatic heterocycles. The first-order valence-electron chi connectivity index (χ1n) is 4.96. The molecule has 3 nitrogen and oxygen atoms in total. The fourth-order valence-electron chi connectivity index (χ4n) is 1.71. The summed E-state index contributed by atoms with van der Waals surface area (Å²) >= 11 is 0. The fourth-order valence-corrected chi connectivity index (χ4v) is 3.01. The molecule has 1 aromatic carbocycles. The van der Waals surface area contributed by atoms with Gasteiger partial charge in [0.1, 0.15) is 0 Å². The first kappa shape index (κ1) is 12.2. The van der Waals surface area contributed by atoms with Crippen LogP contribution >= 0.6 is 0 Å². The van der Waals surface area contributed by atoms with Crippen molar-refractivity contribution in [1.82, 2.24) is 0 Å². The molecule has 0 aliphatic rings. The first-order valence-corrected chi connectivity index (χ1v) is 6.91. The summed E-state index contributed by atoms with van der Waals surface area (Å²) in [7, 11) is -3.09. The van der Waals surface area contributed by atoms with E-state index < -0.39 is 21.1 Å². The van der Waals surface area contributed by atoms with E-state index >= 15 is 0 Å². The van der Waals surface area contributed by atoms with Gasteiger partial charge in [-0.2, -0.15) is 0 Å². The summed E-state index contributed by atoms with van der Waals surface area (Å²) in [5.74, 6) is 0. The van der Waals surface area contributed by atoms with E-state index in [1.165, 1.54) is 6.26 Å². The Bertz CT molecular complexity index is 400. The van der Waals surface area contributed by atoms with Crippen LogP contribution in [0.25, 0.3) is 0 Å². The van der Waals surface area contributed by atoms with Crippen molar-refractivity contribution in [1.29, 1.82) is 0 Å². The van der Waals surface area contributed by atoms with E-state index in [0.717, 1.165) is 5.56 Å². The van der Waals surface area contributed by atoms with Gasteiger partial charge < -0.3 is 5.73 Å². The highest BCUT2D eigenvalue weighted by Crippen LogP contribution is 2.21. The van der Waals surface area contributed by atoms with E-state index in [9.17, 15) is 8.42 Å². The fraction of sp³-hybridized carbons (Fsp3) is 0.455. The van der Waals surface area contributed by atoms with Crippen LogP contribution in [0.4, 0.5) is 0 Å². The molecule has 84 valence electrons. The Hall–Kier alpha value is -0.870. The van der Waals surface area contributed by atoms with Crippen LogP contribution in [0.2, 0.25) is 0 Å². The van der Waals surface area contributed by atoms with Crippen LogP contribution in [0.5, 0.6) is 0 Å². The molecule has 0 radical (unpaired) electrons. The Balaban J connectivity index is 2.98. The third-order valence-electron chi connectivity index (χ3n) is 2.54. The highest BCUT2D eigenvalue weighted by Gasteiger charge is 2.26. The van der Waals surface area contributed by atoms with Crippen LogP contribution in [-0.4, -0.2) is 19.9 Å². The van der Waals surface area contributed by atoms with Gasteiger partial charge in [0.05, 0.1) is 5.25 Å². The molecule has 0 saturated heterocycles. The molecule has 2 N–H and O–H groups in total. The third-order valence-corrected chi connectivity index (χ3v) is 4.26. The standard InChI is InChI=1S/C11H17NO2S/c1-3-10(15(2,13)14)11(12)9-7-5-4-6-8-9/h4-8,10-11H,3,12H2,1-2H3. The predicted molar refractivity (Wildman–Crippen MR) is 62.3 cm³/mol. The summed E-state index contributed by atoms with van der Waals surface area (Å²) < 4.78 is 23.0. The van der Waals surface area contributed by atoms with E-state index in [2.05, 4.69) is 0 Å². The Morgan fingerprint density at radius 1 is 1.27 bits per heavy atom. The second-order valence-electron chi connectivity index (χ2n) is 3.71. The smallest absolute Gasteiger partial charge is 0.152 e. The highest BCUT2D eigenvalue weighted by molar-refractivity contribution is 7.91. The first-order chi connectivity index (χ1) is 6.96. The van der Waals surface area contributed by atoms with Crippen LogP contribution in [0.15, 0.2) is 30.3 Å². The lowest BCUT2D eigenvalue weighted by atomic mass is 10.0. The molecule has 0 heterocycles. The van der Waals surface area contributed by atoms with Crippen LogP contribution < -0.4 is 5.73 Å². The maximum atomic E-state index is 11.5. The van der Waals surface area contributed by atoms with Gasteiger partial charge in [0.25, 0.3) is 0 Å². The van der Waals surface area contributed by atoms with Gasteiger partial charge in [-0.05, 0) is 12.0 Å². The van der Waals surface area contributed by atoms with Crippen LogP contribution in [0, 0.1) is 0 Å². The molecule has 0 spiro atoms. The van der Waals surface area contributed by atoms with Gasteiger partial charge >= 0.3 is 0 Å². The summed E-state index contributed by atoms with van der Waals surface area (Å²) in [6.45, 7) is 1.84. The monoisotopic (exact) mass is 227 g/mol. The van der Waals surface area contributed by atoms with Crippen molar-refractivity contribution in [3.8, 4) is 0 Å². The van der Waals surface area contributed by atoms with Crippen molar-refractivity contribution in [2.45, 2.75) is 24.6 Å². The van der Waals surface area contributed by atoms with Gasteiger partial charge in [0, 0.05) is 12.3 Å². The lowest BCUT2D eigenvalue weighted by molar-refractivity contribution is 0.553. The van der Waals surface area contributed by atoms with Crippen LogP contribution in [-0.2, 0) is 9.84 Å². The average Bonchev–Trinajstić information content (AvgIpc) is 2.18. The molecule has 0 aromatic heterocycles. The Kier molecular flexibility index (Phi) is 3.88. The van der Waals surface area contributed by atoms with Crippen molar-refractivity contribution in [2.75, 3.05) is 6.26 Å². The molecule has 1 aromatic rings. The van der Waals surface area contributed by atoms with Crippen molar-refractivity contribution in [3.05, 3.63) is 35.9 Å². The molecule has 0 amide bonds. The Morgan fingerprint density at radius 2 is 1.80 bits per heavy atom. The SMILES string of the molecule is CCC(C(N)c1ccccc1)S(C)(=O)=O. The number of rotatable bonds is 4. The lowest BCUT2D eigenvalue weighted by Gasteiger charge is -2.21.